The molecule has 41 heavy (non-hydrogen) atoms. The summed E-state index contributed by atoms with van der Waals surface area (Å²) in [6, 6.07) is 30.9. The lowest BCUT2D eigenvalue weighted by Crippen LogP contribution is -2.47. The van der Waals surface area contributed by atoms with E-state index in [1.54, 1.807) is 6.07 Å². The molecule has 1 saturated carbocycles. The van der Waals surface area contributed by atoms with Crippen LogP contribution in [0.5, 0.6) is 0 Å². The fourth-order valence-electron chi connectivity index (χ4n) is 6.75. The normalized spacial score (nSPS) is 14.7. The Balaban J connectivity index is 1.48. The van der Waals surface area contributed by atoms with Crippen molar-refractivity contribution in [2.45, 2.75) is 38.3 Å². The highest BCUT2D eigenvalue weighted by Crippen LogP contribution is 2.41. The predicted molar refractivity (Wildman–Crippen MR) is 166 cm³/mol. The number of aliphatic hydroxyl groups is 1. The van der Waals surface area contributed by atoms with Crippen molar-refractivity contribution in [3.63, 3.8) is 0 Å². The SMILES string of the molecule is CCN(c1cc(-n2c3ccccc3c3c(-c4cnc5ccccc5c4)cccc32)ccc1C(N)=O)C1(O)CCCC1. The van der Waals surface area contributed by atoms with E-state index in [0.29, 0.717) is 30.6 Å². The van der Waals surface area contributed by atoms with Crippen molar-refractivity contribution in [1.29, 1.82) is 0 Å². The first-order chi connectivity index (χ1) is 20.0. The van der Waals surface area contributed by atoms with E-state index < -0.39 is 11.6 Å². The molecule has 6 aromatic rings. The van der Waals surface area contributed by atoms with Crippen LogP contribution in [-0.4, -0.2) is 32.8 Å². The lowest BCUT2D eigenvalue weighted by Gasteiger charge is -2.39. The molecule has 2 aromatic heterocycles. The zero-order valence-electron chi connectivity index (χ0n) is 23.0. The van der Waals surface area contributed by atoms with E-state index >= 15 is 0 Å². The molecule has 1 aliphatic carbocycles. The van der Waals surface area contributed by atoms with Crippen LogP contribution >= 0.6 is 0 Å². The Hall–Kier alpha value is -4.68. The molecule has 4 aromatic carbocycles. The maximum Gasteiger partial charge on any atom is 0.250 e. The van der Waals surface area contributed by atoms with Crippen LogP contribution in [0.3, 0.4) is 0 Å². The summed E-state index contributed by atoms with van der Waals surface area (Å²) < 4.78 is 2.24. The molecule has 1 aliphatic rings. The number of nitrogens with two attached hydrogens (primary N) is 1. The zero-order valence-corrected chi connectivity index (χ0v) is 23.0. The van der Waals surface area contributed by atoms with Crippen molar-refractivity contribution < 1.29 is 9.90 Å². The molecule has 204 valence electrons. The number of hydrogen-bond donors (Lipinski definition) is 2. The number of benzene rings is 4. The van der Waals surface area contributed by atoms with Crippen LogP contribution in [0.15, 0.2) is 97.2 Å². The zero-order chi connectivity index (χ0) is 28.1. The molecular weight excluding hydrogens is 508 g/mol. The maximum absolute atomic E-state index is 12.6. The second-order valence-corrected chi connectivity index (χ2v) is 11.0. The summed E-state index contributed by atoms with van der Waals surface area (Å²) in [5.41, 5.74) is 12.1. The van der Waals surface area contributed by atoms with Gasteiger partial charge in [0.25, 0.3) is 5.91 Å². The van der Waals surface area contributed by atoms with E-state index in [0.717, 1.165) is 62.4 Å². The van der Waals surface area contributed by atoms with E-state index in [-0.39, 0.29) is 0 Å². The second kappa shape index (κ2) is 9.75. The van der Waals surface area contributed by atoms with Gasteiger partial charge < -0.3 is 20.3 Å². The summed E-state index contributed by atoms with van der Waals surface area (Å²) >= 11 is 0. The van der Waals surface area contributed by atoms with E-state index in [1.165, 1.54) is 0 Å². The number of hydrogen-bond acceptors (Lipinski definition) is 4. The number of anilines is 1. The number of nitrogens with zero attached hydrogens (tertiary/aromatic N) is 3. The van der Waals surface area contributed by atoms with Crippen LogP contribution in [0.1, 0.15) is 43.0 Å². The number of rotatable bonds is 6. The van der Waals surface area contributed by atoms with Crippen molar-refractivity contribution in [1.82, 2.24) is 9.55 Å². The molecule has 1 fully saturated rings. The van der Waals surface area contributed by atoms with Gasteiger partial charge in [0.2, 0.25) is 0 Å². The Morgan fingerprint density at radius 3 is 2.51 bits per heavy atom. The van der Waals surface area contributed by atoms with Crippen molar-refractivity contribution in [2.24, 2.45) is 5.73 Å². The van der Waals surface area contributed by atoms with Gasteiger partial charge in [0.1, 0.15) is 5.72 Å². The van der Waals surface area contributed by atoms with Gasteiger partial charge in [-0.25, -0.2) is 0 Å². The molecule has 0 saturated heterocycles. The highest BCUT2D eigenvalue weighted by Gasteiger charge is 2.38. The molecule has 6 nitrogen and oxygen atoms in total. The molecule has 0 radical (unpaired) electrons. The summed E-state index contributed by atoms with van der Waals surface area (Å²) in [5, 5.41) is 14.9. The summed E-state index contributed by atoms with van der Waals surface area (Å²) in [7, 11) is 0. The Bertz CT molecular complexity index is 1950. The summed E-state index contributed by atoms with van der Waals surface area (Å²) in [4.78, 5) is 19.3. The number of pyridine rings is 1. The van der Waals surface area contributed by atoms with Crippen LogP contribution in [0.2, 0.25) is 0 Å². The number of para-hydroxylation sites is 2. The van der Waals surface area contributed by atoms with E-state index in [2.05, 4.69) is 53.1 Å². The molecule has 3 N–H and O–H groups in total. The average Bonchev–Trinajstić information content (AvgIpc) is 3.59. The molecule has 0 spiro atoms. The molecule has 7 rings (SSSR count). The Labute approximate surface area is 238 Å². The number of carbonyl (C=O) groups excluding carboxylic acids is 1. The minimum absolute atomic E-state index is 0.416. The first-order valence-electron chi connectivity index (χ1n) is 14.3. The minimum Gasteiger partial charge on any atom is -0.371 e. The largest absolute Gasteiger partial charge is 0.371 e. The smallest absolute Gasteiger partial charge is 0.250 e. The topological polar surface area (TPSA) is 84.4 Å². The fraction of sp³-hybridized carbons (Fsp3) is 0.200. The van der Waals surface area contributed by atoms with E-state index in [4.69, 9.17) is 10.7 Å². The third kappa shape index (κ3) is 4.06. The van der Waals surface area contributed by atoms with Gasteiger partial charge in [-0.15, -0.1) is 0 Å². The van der Waals surface area contributed by atoms with Crippen molar-refractivity contribution in [3.05, 3.63) is 103 Å². The standard InChI is InChI=1S/C35H32N4O2/c1-2-38(35(41)18-7-8-19-35)32-21-25(16-17-28(32)34(36)40)39-30-14-6-4-11-27(30)33-26(12-9-15-31(33)39)24-20-23-10-3-5-13-29(23)37-22-24/h3-6,9-17,20-22,41H,2,7-8,18-19H2,1H3,(H2,36,40). The van der Waals surface area contributed by atoms with Crippen LogP contribution in [0, 0.1) is 0 Å². The minimum atomic E-state index is -0.991. The molecule has 0 atom stereocenters. The predicted octanol–water partition coefficient (Wildman–Crippen LogP) is 7.19. The third-order valence-electron chi connectivity index (χ3n) is 8.62. The molecular formula is C35H32N4O2. The molecule has 0 bridgehead atoms. The van der Waals surface area contributed by atoms with Gasteiger partial charge in [-0.1, -0.05) is 48.5 Å². The van der Waals surface area contributed by atoms with Gasteiger partial charge in [0, 0.05) is 40.2 Å². The molecule has 0 aliphatic heterocycles. The first kappa shape index (κ1) is 25.3. The molecule has 0 unspecified atom stereocenters. The number of primary amides is 1. The lowest BCUT2D eigenvalue weighted by molar-refractivity contribution is 0.0445. The van der Waals surface area contributed by atoms with Gasteiger partial charge in [-0.05, 0) is 80.6 Å². The highest BCUT2D eigenvalue weighted by molar-refractivity contribution is 6.16. The van der Waals surface area contributed by atoms with Gasteiger partial charge in [-0.3, -0.25) is 9.78 Å². The van der Waals surface area contributed by atoms with Gasteiger partial charge in [0.05, 0.1) is 27.8 Å². The Kier molecular flexibility index (Phi) is 6.02. The second-order valence-electron chi connectivity index (χ2n) is 11.0. The quantitative estimate of drug-likeness (QED) is 0.219. The maximum atomic E-state index is 12.6. The average molecular weight is 541 g/mol. The van der Waals surface area contributed by atoms with Gasteiger partial charge in [0.15, 0.2) is 0 Å². The molecule has 6 heteroatoms. The fourth-order valence-corrected chi connectivity index (χ4v) is 6.75. The van der Waals surface area contributed by atoms with Crippen molar-refractivity contribution >= 4 is 44.3 Å². The third-order valence-corrected chi connectivity index (χ3v) is 8.62. The number of carbonyl (C=O) groups is 1. The molecule has 1 amide bonds. The number of fused-ring (bicyclic) bond motifs is 4. The van der Waals surface area contributed by atoms with Gasteiger partial charge in [-0.2, -0.15) is 0 Å². The number of amides is 1. The van der Waals surface area contributed by atoms with E-state index in [1.807, 2.05) is 54.4 Å². The Morgan fingerprint density at radius 2 is 1.71 bits per heavy atom. The van der Waals surface area contributed by atoms with E-state index in [9.17, 15) is 9.90 Å². The summed E-state index contributed by atoms with van der Waals surface area (Å²) in [6.45, 7) is 2.57. The monoisotopic (exact) mass is 540 g/mol. The first-order valence-corrected chi connectivity index (χ1v) is 14.3. The summed E-state index contributed by atoms with van der Waals surface area (Å²) in [6.07, 6.45) is 5.20. The van der Waals surface area contributed by atoms with Gasteiger partial charge >= 0.3 is 0 Å². The lowest BCUT2D eigenvalue weighted by atomic mass is 9.99. The van der Waals surface area contributed by atoms with Crippen molar-refractivity contribution in [2.75, 3.05) is 11.4 Å². The van der Waals surface area contributed by atoms with Crippen LogP contribution in [-0.2, 0) is 0 Å². The highest BCUT2D eigenvalue weighted by atomic mass is 16.3. The van der Waals surface area contributed by atoms with Crippen molar-refractivity contribution in [3.8, 4) is 16.8 Å². The van der Waals surface area contributed by atoms with Crippen LogP contribution < -0.4 is 10.6 Å². The number of aromatic nitrogens is 2. The van der Waals surface area contributed by atoms with Crippen LogP contribution in [0.4, 0.5) is 5.69 Å². The molecule has 2 heterocycles. The van der Waals surface area contributed by atoms with Crippen LogP contribution in [0.25, 0.3) is 49.5 Å². The Morgan fingerprint density at radius 1 is 0.951 bits per heavy atom. The summed E-state index contributed by atoms with van der Waals surface area (Å²) in [5.74, 6) is -0.500.